The van der Waals surface area contributed by atoms with Gasteiger partial charge in [-0.2, -0.15) is 0 Å². The zero-order chi connectivity index (χ0) is 11.1. The fourth-order valence-corrected chi connectivity index (χ4v) is 2.30. The molecule has 1 aliphatic carbocycles. The molecule has 1 heterocycles. The topological polar surface area (TPSA) is 15.3 Å². The van der Waals surface area contributed by atoms with Crippen LogP contribution in [-0.2, 0) is 0 Å². The molecule has 2 nitrogen and oxygen atoms in total. The smallest absolute Gasteiger partial charge is 0.0210 e. The molecule has 0 radical (unpaired) electrons. The molecule has 0 spiro atoms. The van der Waals surface area contributed by atoms with Crippen LogP contribution in [0.4, 0.5) is 0 Å². The van der Waals surface area contributed by atoms with Crippen LogP contribution in [0.3, 0.4) is 0 Å². The van der Waals surface area contributed by atoms with Crippen LogP contribution in [0, 0.1) is 5.41 Å². The molecule has 15 heavy (non-hydrogen) atoms. The van der Waals surface area contributed by atoms with E-state index in [0.29, 0.717) is 11.5 Å². The minimum atomic E-state index is 0.382. The van der Waals surface area contributed by atoms with E-state index in [1.165, 1.54) is 32.4 Å². The maximum absolute atomic E-state index is 3.79. The summed E-state index contributed by atoms with van der Waals surface area (Å²) in [4.78, 5) is 2.67. The molecule has 2 heteroatoms. The number of nitrogens with one attached hydrogen (secondary N) is 1. The van der Waals surface area contributed by atoms with Crippen molar-refractivity contribution >= 4 is 0 Å². The number of hydrogen-bond acceptors (Lipinski definition) is 2. The van der Waals surface area contributed by atoms with Gasteiger partial charge in [-0.05, 0) is 31.6 Å². The first-order valence-corrected chi connectivity index (χ1v) is 6.47. The minimum absolute atomic E-state index is 0.382. The van der Waals surface area contributed by atoms with Crippen molar-refractivity contribution in [2.24, 2.45) is 5.41 Å². The van der Waals surface area contributed by atoms with Crippen molar-refractivity contribution < 1.29 is 0 Å². The number of hydrogen-bond donors (Lipinski definition) is 1. The van der Waals surface area contributed by atoms with Crippen molar-refractivity contribution in [1.29, 1.82) is 0 Å². The summed E-state index contributed by atoms with van der Waals surface area (Å²) in [5.74, 6) is 0. The predicted octanol–water partition coefficient (Wildman–Crippen LogP) is 2.25. The number of nitrogens with zero attached hydrogens (tertiary/aromatic N) is 1. The van der Waals surface area contributed by atoms with Gasteiger partial charge in [-0.25, -0.2) is 0 Å². The Bertz CT molecular complexity index is 215. The van der Waals surface area contributed by atoms with Gasteiger partial charge in [0.15, 0.2) is 0 Å². The molecular weight excluding hydrogens is 184 g/mol. The van der Waals surface area contributed by atoms with Crippen molar-refractivity contribution in [2.45, 2.75) is 65.1 Å². The molecule has 1 saturated heterocycles. The fourth-order valence-electron chi connectivity index (χ4n) is 2.30. The van der Waals surface area contributed by atoms with Gasteiger partial charge < -0.3 is 5.32 Å². The molecule has 1 saturated carbocycles. The van der Waals surface area contributed by atoms with E-state index >= 15 is 0 Å². The molecule has 0 aromatic carbocycles. The molecule has 2 aliphatic rings. The molecule has 1 N–H and O–H groups in total. The van der Waals surface area contributed by atoms with E-state index in [2.05, 4.69) is 37.9 Å². The second kappa shape index (κ2) is 4.06. The van der Waals surface area contributed by atoms with E-state index in [9.17, 15) is 0 Å². The van der Waals surface area contributed by atoms with Crippen LogP contribution in [0.1, 0.15) is 47.0 Å². The predicted molar refractivity (Wildman–Crippen MR) is 65.1 cm³/mol. The summed E-state index contributed by atoms with van der Waals surface area (Å²) in [5, 5.41) is 3.79. The first-order valence-electron chi connectivity index (χ1n) is 6.47. The average molecular weight is 210 g/mol. The Hall–Kier alpha value is -0.0800. The molecule has 0 amide bonds. The number of likely N-dealkylation sites (tertiary alicyclic amines) is 1. The molecule has 88 valence electrons. The monoisotopic (exact) mass is 210 g/mol. The van der Waals surface area contributed by atoms with Crippen molar-refractivity contribution in [3.63, 3.8) is 0 Å². The Morgan fingerprint density at radius 2 is 1.87 bits per heavy atom. The lowest BCUT2D eigenvalue weighted by molar-refractivity contribution is 0.254. The second-order valence-corrected chi connectivity index (χ2v) is 6.47. The highest BCUT2D eigenvalue weighted by Crippen LogP contribution is 2.30. The summed E-state index contributed by atoms with van der Waals surface area (Å²) >= 11 is 0. The summed E-state index contributed by atoms with van der Waals surface area (Å²) in [7, 11) is 0. The lowest BCUT2D eigenvalue weighted by Crippen LogP contribution is -2.45. The van der Waals surface area contributed by atoms with Crippen LogP contribution in [0.25, 0.3) is 0 Å². The lowest BCUT2D eigenvalue weighted by atomic mass is 9.87. The maximum Gasteiger partial charge on any atom is 0.0210 e. The third kappa shape index (κ3) is 2.94. The van der Waals surface area contributed by atoms with Gasteiger partial charge in [-0.3, -0.25) is 4.90 Å². The Kier molecular flexibility index (Phi) is 3.09. The zero-order valence-electron chi connectivity index (χ0n) is 10.7. The Morgan fingerprint density at radius 1 is 1.20 bits per heavy atom. The van der Waals surface area contributed by atoms with Gasteiger partial charge >= 0.3 is 0 Å². The van der Waals surface area contributed by atoms with E-state index in [-0.39, 0.29) is 0 Å². The summed E-state index contributed by atoms with van der Waals surface area (Å²) < 4.78 is 0. The van der Waals surface area contributed by atoms with E-state index < -0.39 is 0 Å². The van der Waals surface area contributed by atoms with Gasteiger partial charge in [0.05, 0.1) is 0 Å². The lowest BCUT2D eigenvalue weighted by Gasteiger charge is -2.31. The quantitative estimate of drug-likeness (QED) is 0.768. The molecule has 0 aromatic heterocycles. The summed E-state index contributed by atoms with van der Waals surface area (Å²) in [5.41, 5.74) is 0.382. The van der Waals surface area contributed by atoms with Crippen LogP contribution in [0.15, 0.2) is 0 Å². The Balaban J connectivity index is 1.76. The van der Waals surface area contributed by atoms with Crippen LogP contribution >= 0.6 is 0 Å². The number of rotatable bonds is 3. The molecule has 2 fully saturated rings. The van der Waals surface area contributed by atoms with Crippen LogP contribution in [-0.4, -0.2) is 36.1 Å². The minimum Gasteiger partial charge on any atom is -0.310 e. The standard InChI is InChI=1S/C13H26N2/c1-10(13(2,3)4)14-11-7-8-15(9-11)12-5-6-12/h10-12,14H,5-9H2,1-4H3. The molecular formula is C13H26N2. The van der Waals surface area contributed by atoms with Gasteiger partial charge in [0.1, 0.15) is 0 Å². The first-order chi connectivity index (χ1) is 6.97. The van der Waals surface area contributed by atoms with Gasteiger partial charge in [0.2, 0.25) is 0 Å². The molecule has 2 rings (SSSR count). The zero-order valence-corrected chi connectivity index (χ0v) is 10.7. The largest absolute Gasteiger partial charge is 0.310 e. The van der Waals surface area contributed by atoms with Crippen LogP contribution < -0.4 is 5.32 Å². The van der Waals surface area contributed by atoms with Crippen molar-refractivity contribution in [3.8, 4) is 0 Å². The average Bonchev–Trinajstić information content (AvgIpc) is 2.87. The molecule has 1 aliphatic heterocycles. The van der Waals surface area contributed by atoms with E-state index in [0.717, 1.165) is 12.1 Å². The van der Waals surface area contributed by atoms with Crippen LogP contribution in [0.2, 0.25) is 0 Å². The maximum atomic E-state index is 3.79. The van der Waals surface area contributed by atoms with Gasteiger partial charge in [-0.1, -0.05) is 20.8 Å². The summed E-state index contributed by atoms with van der Waals surface area (Å²) in [6, 6.07) is 2.29. The molecule has 2 atom stereocenters. The normalized spacial score (nSPS) is 30.8. The fraction of sp³-hybridized carbons (Fsp3) is 1.00. The highest BCUT2D eigenvalue weighted by atomic mass is 15.2. The highest BCUT2D eigenvalue weighted by molar-refractivity contribution is 4.93. The van der Waals surface area contributed by atoms with E-state index in [1.807, 2.05) is 0 Å². The Labute approximate surface area is 94.4 Å². The third-order valence-electron chi connectivity index (χ3n) is 4.07. The van der Waals surface area contributed by atoms with Gasteiger partial charge in [-0.15, -0.1) is 0 Å². The summed E-state index contributed by atoms with van der Waals surface area (Å²) in [6.45, 7) is 11.9. The highest BCUT2D eigenvalue weighted by Gasteiger charge is 2.35. The second-order valence-electron chi connectivity index (χ2n) is 6.47. The molecule has 2 unspecified atom stereocenters. The Morgan fingerprint density at radius 3 is 2.40 bits per heavy atom. The van der Waals surface area contributed by atoms with Crippen LogP contribution in [0.5, 0.6) is 0 Å². The molecule has 0 aromatic rings. The summed E-state index contributed by atoms with van der Waals surface area (Å²) in [6.07, 6.45) is 4.24. The van der Waals surface area contributed by atoms with Gasteiger partial charge in [0.25, 0.3) is 0 Å². The SMILES string of the molecule is CC(NC1CCN(C2CC2)C1)C(C)(C)C. The van der Waals surface area contributed by atoms with Gasteiger partial charge in [0, 0.05) is 31.2 Å². The van der Waals surface area contributed by atoms with E-state index in [1.54, 1.807) is 0 Å². The van der Waals surface area contributed by atoms with Crippen molar-refractivity contribution in [1.82, 2.24) is 10.2 Å². The first kappa shape index (κ1) is 11.4. The van der Waals surface area contributed by atoms with Crippen molar-refractivity contribution in [3.05, 3.63) is 0 Å². The third-order valence-corrected chi connectivity index (χ3v) is 4.07. The van der Waals surface area contributed by atoms with E-state index in [4.69, 9.17) is 0 Å². The van der Waals surface area contributed by atoms with Crippen molar-refractivity contribution in [2.75, 3.05) is 13.1 Å². The molecule has 0 bridgehead atoms.